The van der Waals surface area contributed by atoms with Gasteiger partial charge in [-0.25, -0.2) is 0 Å². The van der Waals surface area contributed by atoms with E-state index in [1.165, 1.54) is 13.8 Å². The molecule has 1 unspecified atom stereocenters. The molecule has 0 saturated carbocycles. The van der Waals surface area contributed by atoms with Gasteiger partial charge in [0.2, 0.25) is 0 Å². The van der Waals surface area contributed by atoms with E-state index in [0.717, 1.165) is 0 Å². The van der Waals surface area contributed by atoms with E-state index in [-0.39, 0.29) is 18.6 Å². The van der Waals surface area contributed by atoms with Crippen LogP contribution in [-0.4, -0.2) is 17.6 Å². The van der Waals surface area contributed by atoms with E-state index in [4.69, 9.17) is 11.5 Å². The van der Waals surface area contributed by atoms with Crippen LogP contribution in [0.15, 0.2) is 0 Å². The van der Waals surface area contributed by atoms with Crippen molar-refractivity contribution in [1.29, 1.82) is 0 Å². The van der Waals surface area contributed by atoms with Crippen molar-refractivity contribution >= 4 is 5.78 Å². The van der Waals surface area contributed by atoms with Crippen LogP contribution in [0.4, 0.5) is 13.2 Å². The first-order valence-corrected chi connectivity index (χ1v) is 5.75. The van der Waals surface area contributed by atoms with Gasteiger partial charge in [0.05, 0.1) is 11.6 Å². The topological polar surface area (TPSA) is 69.1 Å². The molecule has 0 bridgehead atoms. The summed E-state index contributed by atoms with van der Waals surface area (Å²) < 4.78 is 37.9. The molecule has 0 heterocycles. The molecule has 4 N–H and O–H groups in total. The molecule has 0 amide bonds. The highest BCUT2D eigenvalue weighted by atomic mass is 19.4. The Morgan fingerprint density at radius 2 is 1.76 bits per heavy atom. The summed E-state index contributed by atoms with van der Waals surface area (Å²) in [6, 6.07) is 0. The van der Waals surface area contributed by atoms with Gasteiger partial charge in [-0.1, -0.05) is 6.92 Å². The predicted octanol–water partition coefficient (Wildman–Crippen LogP) is 2.34. The van der Waals surface area contributed by atoms with Crippen LogP contribution in [0.1, 0.15) is 46.0 Å². The van der Waals surface area contributed by atoms with Crippen molar-refractivity contribution in [3.63, 3.8) is 0 Å². The second kappa shape index (κ2) is 6.35. The van der Waals surface area contributed by atoms with Crippen LogP contribution in [0.5, 0.6) is 0 Å². The highest BCUT2D eigenvalue weighted by Crippen LogP contribution is 2.35. The number of carbonyl (C=O) groups excluding carboxylic acids is 1. The molecule has 3 nitrogen and oxygen atoms in total. The lowest BCUT2D eigenvalue weighted by atomic mass is 9.86. The molecular weight excluding hydrogens is 233 g/mol. The van der Waals surface area contributed by atoms with Gasteiger partial charge in [-0.3, -0.25) is 0 Å². The summed E-state index contributed by atoms with van der Waals surface area (Å²) in [5, 5.41) is 0. The van der Waals surface area contributed by atoms with Gasteiger partial charge < -0.3 is 16.3 Å². The van der Waals surface area contributed by atoms with Crippen LogP contribution >= 0.6 is 0 Å². The van der Waals surface area contributed by atoms with Crippen LogP contribution in [0.3, 0.4) is 0 Å². The SMILES string of the molecule is CCC(C(F)(F)F)C(N)(N)CCCCC(C)=O. The Morgan fingerprint density at radius 3 is 2.12 bits per heavy atom. The normalized spacial score (nSPS) is 14.8. The van der Waals surface area contributed by atoms with Crippen LogP contribution < -0.4 is 11.5 Å². The maximum atomic E-state index is 12.6. The molecule has 0 aliphatic heterocycles. The van der Waals surface area contributed by atoms with E-state index >= 15 is 0 Å². The minimum absolute atomic E-state index is 0.0208. The molecule has 0 rings (SSSR count). The summed E-state index contributed by atoms with van der Waals surface area (Å²) >= 11 is 0. The van der Waals surface area contributed by atoms with Gasteiger partial charge in [0.25, 0.3) is 0 Å². The second-order valence-corrected chi connectivity index (χ2v) is 4.52. The summed E-state index contributed by atoms with van der Waals surface area (Å²) in [6.45, 7) is 2.87. The Kier molecular flexibility index (Phi) is 6.12. The zero-order chi connectivity index (χ0) is 13.7. The molecule has 0 aliphatic rings. The summed E-state index contributed by atoms with van der Waals surface area (Å²) in [5.41, 5.74) is 9.35. The predicted molar refractivity (Wildman–Crippen MR) is 60.1 cm³/mol. The lowest BCUT2D eigenvalue weighted by molar-refractivity contribution is -0.194. The highest BCUT2D eigenvalue weighted by molar-refractivity contribution is 5.75. The van der Waals surface area contributed by atoms with E-state index in [2.05, 4.69) is 0 Å². The minimum atomic E-state index is -4.38. The van der Waals surface area contributed by atoms with Crippen LogP contribution in [0.25, 0.3) is 0 Å². The van der Waals surface area contributed by atoms with Gasteiger partial charge in [0, 0.05) is 6.42 Å². The van der Waals surface area contributed by atoms with E-state index in [9.17, 15) is 18.0 Å². The van der Waals surface area contributed by atoms with Gasteiger partial charge >= 0.3 is 6.18 Å². The summed E-state index contributed by atoms with van der Waals surface area (Å²) in [5.74, 6) is -1.68. The van der Waals surface area contributed by atoms with Crippen molar-refractivity contribution in [3.8, 4) is 0 Å². The molecule has 0 aromatic rings. The summed E-state index contributed by atoms with van der Waals surface area (Å²) in [7, 11) is 0. The number of hydrogen-bond acceptors (Lipinski definition) is 3. The van der Waals surface area contributed by atoms with E-state index in [0.29, 0.717) is 19.3 Å². The van der Waals surface area contributed by atoms with Crippen LogP contribution in [0, 0.1) is 5.92 Å². The first kappa shape index (κ1) is 16.4. The largest absolute Gasteiger partial charge is 0.394 e. The van der Waals surface area contributed by atoms with Crippen molar-refractivity contribution < 1.29 is 18.0 Å². The van der Waals surface area contributed by atoms with Gasteiger partial charge in [0.15, 0.2) is 0 Å². The molecule has 0 saturated heterocycles. The third kappa shape index (κ3) is 6.02. The molecule has 6 heteroatoms. The van der Waals surface area contributed by atoms with Crippen molar-refractivity contribution in [2.75, 3.05) is 0 Å². The fraction of sp³-hybridized carbons (Fsp3) is 0.909. The Morgan fingerprint density at radius 1 is 1.24 bits per heavy atom. The molecule has 1 atom stereocenters. The van der Waals surface area contributed by atoms with Crippen LogP contribution in [0.2, 0.25) is 0 Å². The number of nitrogens with two attached hydrogens (primary N) is 2. The maximum absolute atomic E-state index is 12.6. The number of unbranched alkanes of at least 4 members (excludes halogenated alkanes) is 1. The van der Waals surface area contributed by atoms with Gasteiger partial charge in [-0.2, -0.15) is 13.2 Å². The number of alkyl halides is 3. The number of hydrogen-bond donors (Lipinski definition) is 2. The number of Topliss-reactive ketones (excluding diaryl/α,β-unsaturated/α-hetero) is 1. The van der Waals surface area contributed by atoms with Gasteiger partial charge in [-0.05, 0) is 32.6 Å². The molecule has 17 heavy (non-hydrogen) atoms. The summed E-state index contributed by atoms with van der Waals surface area (Å²) in [4.78, 5) is 10.7. The van der Waals surface area contributed by atoms with Crippen molar-refractivity contribution in [2.24, 2.45) is 17.4 Å². The smallest absolute Gasteiger partial charge is 0.313 e. The zero-order valence-electron chi connectivity index (χ0n) is 10.3. The standard InChI is InChI=1S/C11H21F3N2O/c1-3-9(11(12,13)14)10(15,16)7-5-4-6-8(2)17/h9H,3-7,15-16H2,1-2H3. The average molecular weight is 254 g/mol. The molecular formula is C11H21F3N2O. The van der Waals surface area contributed by atoms with Gasteiger partial charge in [-0.15, -0.1) is 0 Å². The quantitative estimate of drug-likeness (QED) is 0.541. The monoisotopic (exact) mass is 254 g/mol. The first-order valence-electron chi connectivity index (χ1n) is 5.75. The lowest BCUT2D eigenvalue weighted by Gasteiger charge is -2.34. The second-order valence-electron chi connectivity index (χ2n) is 4.52. The minimum Gasteiger partial charge on any atom is -0.313 e. The van der Waals surface area contributed by atoms with Crippen molar-refractivity contribution in [2.45, 2.75) is 57.8 Å². The first-order chi connectivity index (χ1) is 7.61. The maximum Gasteiger partial charge on any atom is 0.394 e. The molecule has 0 radical (unpaired) electrons. The molecule has 0 fully saturated rings. The number of rotatable bonds is 7. The molecule has 0 spiro atoms. The highest BCUT2D eigenvalue weighted by Gasteiger charge is 2.48. The Balaban J connectivity index is 4.29. The molecule has 0 aromatic heterocycles. The van der Waals surface area contributed by atoms with Gasteiger partial charge in [0.1, 0.15) is 5.78 Å². The average Bonchev–Trinajstić information content (AvgIpc) is 2.10. The van der Waals surface area contributed by atoms with E-state index in [1.54, 1.807) is 0 Å². The fourth-order valence-corrected chi connectivity index (χ4v) is 1.90. The Labute approximate surface area is 99.7 Å². The summed E-state index contributed by atoms with van der Waals surface area (Å²) in [6.07, 6.45) is -3.13. The van der Waals surface area contributed by atoms with E-state index < -0.39 is 17.8 Å². The van der Waals surface area contributed by atoms with E-state index in [1.807, 2.05) is 0 Å². The Hall–Kier alpha value is -0.620. The lowest BCUT2D eigenvalue weighted by Crippen LogP contribution is -2.59. The van der Waals surface area contributed by atoms with Crippen LogP contribution in [-0.2, 0) is 4.79 Å². The molecule has 102 valence electrons. The Bertz CT molecular complexity index is 252. The molecule has 0 aliphatic carbocycles. The zero-order valence-corrected chi connectivity index (χ0v) is 10.3. The van der Waals surface area contributed by atoms with Crippen molar-refractivity contribution in [3.05, 3.63) is 0 Å². The third-order valence-corrected chi connectivity index (χ3v) is 2.84. The number of carbonyl (C=O) groups is 1. The molecule has 0 aromatic carbocycles. The number of ketones is 1. The third-order valence-electron chi connectivity index (χ3n) is 2.84. The number of halogens is 3. The fourth-order valence-electron chi connectivity index (χ4n) is 1.90. The van der Waals surface area contributed by atoms with Crippen molar-refractivity contribution in [1.82, 2.24) is 0 Å².